The Kier molecular flexibility index (Phi) is 4.69. The van der Waals surface area contributed by atoms with Crippen molar-refractivity contribution in [3.8, 4) is 0 Å². The molecule has 0 spiro atoms. The summed E-state index contributed by atoms with van der Waals surface area (Å²) in [7, 11) is 0. The summed E-state index contributed by atoms with van der Waals surface area (Å²) in [5.74, 6) is 0.906. The van der Waals surface area contributed by atoms with Crippen LogP contribution in [0.2, 0.25) is 0 Å². The summed E-state index contributed by atoms with van der Waals surface area (Å²) in [5, 5.41) is 11.8. The lowest BCUT2D eigenvalue weighted by atomic mass is 10.1. The number of rotatable bonds is 4. The molecule has 2 aliphatic rings. The minimum atomic E-state index is -0.648. The van der Waals surface area contributed by atoms with E-state index in [-0.39, 0.29) is 11.4 Å². The Morgan fingerprint density at radius 2 is 2.20 bits per heavy atom. The molecule has 0 aromatic rings. The second kappa shape index (κ2) is 5.98. The number of allylic oxidation sites excluding steroid dienone is 2. The standard InChI is InChI=1S/C15H25NO3S/c1-14(2,10-17)16-13(18)19-9-12-11-7-5-3-4-6-8-15(11,12)20/h3-4,11-12,17,20H,5-10H2,1-2H3,(H,16,18)/b4-3-. The zero-order valence-corrected chi connectivity index (χ0v) is 13.2. The molecule has 2 rings (SSSR count). The molecule has 4 nitrogen and oxygen atoms in total. The molecule has 0 radical (unpaired) electrons. The number of carbonyl (C=O) groups is 1. The first-order valence-electron chi connectivity index (χ1n) is 7.32. The molecular weight excluding hydrogens is 274 g/mol. The molecule has 2 aliphatic carbocycles. The predicted octanol–water partition coefficient (Wildman–Crippen LogP) is 2.53. The van der Waals surface area contributed by atoms with E-state index < -0.39 is 11.6 Å². The third kappa shape index (κ3) is 3.50. The predicted molar refractivity (Wildman–Crippen MR) is 82.0 cm³/mol. The van der Waals surface area contributed by atoms with Crippen molar-refractivity contribution in [3.63, 3.8) is 0 Å². The van der Waals surface area contributed by atoms with E-state index in [0.717, 1.165) is 25.7 Å². The van der Waals surface area contributed by atoms with Crippen molar-refractivity contribution in [1.29, 1.82) is 0 Å². The van der Waals surface area contributed by atoms with Gasteiger partial charge in [0.2, 0.25) is 0 Å². The van der Waals surface area contributed by atoms with Gasteiger partial charge in [-0.25, -0.2) is 4.79 Å². The van der Waals surface area contributed by atoms with Gasteiger partial charge in [-0.2, -0.15) is 12.6 Å². The molecule has 0 aromatic carbocycles. The monoisotopic (exact) mass is 299 g/mol. The molecule has 5 heteroatoms. The lowest BCUT2D eigenvalue weighted by Gasteiger charge is -2.23. The normalized spacial score (nSPS) is 34.4. The number of hydrogen-bond donors (Lipinski definition) is 3. The molecule has 0 aliphatic heterocycles. The number of aliphatic hydroxyl groups is 1. The maximum Gasteiger partial charge on any atom is 0.407 e. The van der Waals surface area contributed by atoms with Crippen LogP contribution in [0.25, 0.3) is 0 Å². The molecule has 0 aromatic heterocycles. The van der Waals surface area contributed by atoms with Gasteiger partial charge in [-0.15, -0.1) is 0 Å². The largest absolute Gasteiger partial charge is 0.449 e. The number of alkyl carbamates (subject to hydrolysis) is 1. The number of carbonyl (C=O) groups excluding carboxylic acids is 1. The molecule has 2 N–H and O–H groups in total. The van der Waals surface area contributed by atoms with Crippen molar-refractivity contribution < 1.29 is 14.6 Å². The maximum absolute atomic E-state index is 11.7. The number of fused-ring (bicyclic) bond motifs is 1. The SMILES string of the molecule is CC(C)(CO)NC(=O)OCC1C2CC/C=C\CCC21S. The molecule has 3 atom stereocenters. The fourth-order valence-electron chi connectivity index (χ4n) is 3.01. The Morgan fingerprint density at radius 1 is 1.50 bits per heavy atom. The first-order chi connectivity index (χ1) is 9.39. The zero-order valence-electron chi connectivity index (χ0n) is 12.3. The summed E-state index contributed by atoms with van der Waals surface area (Å²) in [6, 6.07) is 0. The van der Waals surface area contributed by atoms with Crippen LogP contribution in [-0.4, -0.2) is 34.7 Å². The number of amides is 1. The van der Waals surface area contributed by atoms with Crippen LogP contribution in [0.5, 0.6) is 0 Å². The maximum atomic E-state index is 11.7. The Labute approximate surface area is 126 Å². The highest BCUT2D eigenvalue weighted by Crippen LogP contribution is 2.61. The Morgan fingerprint density at radius 3 is 2.90 bits per heavy atom. The average Bonchev–Trinajstić information content (AvgIpc) is 2.90. The van der Waals surface area contributed by atoms with Crippen LogP contribution in [0.3, 0.4) is 0 Å². The van der Waals surface area contributed by atoms with E-state index in [0.29, 0.717) is 18.4 Å². The Balaban J connectivity index is 1.79. The summed E-state index contributed by atoms with van der Waals surface area (Å²) in [5.41, 5.74) is -0.648. The highest BCUT2D eigenvalue weighted by molar-refractivity contribution is 7.82. The quantitative estimate of drug-likeness (QED) is 0.552. The molecule has 1 fully saturated rings. The molecule has 3 unspecified atom stereocenters. The molecule has 0 heterocycles. The van der Waals surface area contributed by atoms with Gasteiger partial charge in [0.1, 0.15) is 0 Å². The van der Waals surface area contributed by atoms with Crippen LogP contribution in [0.15, 0.2) is 12.2 Å². The van der Waals surface area contributed by atoms with Crippen molar-refractivity contribution in [2.24, 2.45) is 11.8 Å². The minimum absolute atomic E-state index is 0.0392. The number of aliphatic hydroxyl groups excluding tert-OH is 1. The molecule has 20 heavy (non-hydrogen) atoms. The van der Waals surface area contributed by atoms with Gasteiger partial charge in [-0.05, 0) is 45.4 Å². The fourth-order valence-corrected chi connectivity index (χ4v) is 3.63. The van der Waals surface area contributed by atoms with Gasteiger partial charge in [-0.1, -0.05) is 12.2 Å². The van der Waals surface area contributed by atoms with E-state index >= 15 is 0 Å². The fraction of sp³-hybridized carbons (Fsp3) is 0.800. The van der Waals surface area contributed by atoms with Gasteiger partial charge in [0.25, 0.3) is 0 Å². The van der Waals surface area contributed by atoms with Crippen LogP contribution in [0.1, 0.15) is 39.5 Å². The van der Waals surface area contributed by atoms with Crippen molar-refractivity contribution >= 4 is 18.7 Å². The van der Waals surface area contributed by atoms with Crippen molar-refractivity contribution in [3.05, 3.63) is 12.2 Å². The summed E-state index contributed by atoms with van der Waals surface area (Å²) in [4.78, 5) is 11.7. The van der Waals surface area contributed by atoms with Gasteiger partial charge in [0, 0.05) is 10.7 Å². The summed E-state index contributed by atoms with van der Waals surface area (Å²) >= 11 is 4.83. The number of thiol groups is 1. The van der Waals surface area contributed by atoms with Crippen LogP contribution in [0, 0.1) is 11.8 Å². The topological polar surface area (TPSA) is 58.6 Å². The van der Waals surface area contributed by atoms with Gasteiger partial charge in [0.05, 0.1) is 18.8 Å². The van der Waals surface area contributed by atoms with E-state index in [1.54, 1.807) is 13.8 Å². The number of nitrogens with one attached hydrogen (secondary N) is 1. The Bertz CT molecular complexity index is 397. The van der Waals surface area contributed by atoms with Crippen LogP contribution in [-0.2, 0) is 4.74 Å². The minimum Gasteiger partial charge on any atom is -0.449 e. The van der Waals surface area contributed by atoms with E-state index in [2.05, 4.69) is 17.5 Å². The zero-order chi connectivity index (χ0) is 14.8. The van der Waals surface area contributed by atoms with Gasteiger partial charge in [-0.3, -0.25) is 0 Å². The number of ether oxygens (including phenoxy) is 1. The smallest absolute Gasteiger partial charge is 0.407 e. The highest BCUT2D eigenvalue weighted by atomic mass is 32.1. The van der Waals surface area contributed by atoms with Crippen LogP contribution >= 0.6 is 12.6 Å². The average molecular weight is 299 g/mol. The second-order valence-electron chi connectivity index (χ2n) is 6.56. The number of hydrogen-bond acceptors (Lipinski definition) is 4. The van der Waals surface area contributed by atoms with E-state index in [9.17, 15) is 4.79 Å². The molecule has 0 saturated heterocycles. The summed E-state index contributed by atoms with van der Waals surface area (Å²) in [6.07, 6.45) is 8.32. The second-order valence-corrected chi connectivity index (χ2v) is 7.39. The van der Waals surface area contributed by atoms with Gasteiger partial charge < -0.3 is 15.2 Å². The van der Waals surface area contributed by atoms with Crippen molar-refractivity contribution in [1.82, 2.24) is 5.32 Å². The molecule has 1 saturated carbocycles. The lowest BCUT2D eigenvalue weighted by molar-refractivity contribution is 0.115. The van der Waals surface area contributed by atoms with Crippen molar-refractivity contribution in [2.75, 3.05) is 13.2 Å². The van der Waals surface area contributed by atoms with Crippen LogP contribution in [0.4, 0.5) is 4.79 Å². The molecule has 0 bridgehead atoms. The van der Waals surface area contributed by atoms with E-state index in [4.69, 9.17) is 22.5 Å². The third-order valence-electron chi connectivity index (χ3n) is 4.41. The first kappa shape index (κ1) is 15.7. The summed E-state index contributed by atoms with van der Waals surface area (Å²) < 4.78 is 5.35. The van der Waals surface area contributed by atoms with Crippen molar-refractivity contribution in [2.45, 2.75) is 49.8 Å². The first-order valence-corrected chi connectivity index (χ1v) is 7.77. The lowest BCUT2D eigenvalue weighted by Crippen LogP contribution is -2.46. The van der Waals surface area contributed by atoms with Gasteiger partial charge >= 0.3 is 6.09 Å². The Hall–Kier alpha value is -0.680. The van der Waals surface area contributed by atoms with Gasteiger partial charge in [0.15, 0.2) is 0 Å². The molecule has 114 valence electrons. The van der Waals surface area contributed by atoms with E-state index in [1.165, 1.54) is 0 Å². The molecule has 1 amide bonds. The van der Waals surface area contributed by atoms with Crippen LogP contribution < -0.4 is 5.32 Å². The molecular formula is C15H25NO3S. The third-order valence-corrected chi connectivity index (χ3v) is 5.30. The van der Waals surface area contributed by atoms with E-state index in [1.807, 2.05) is 0 Å². The summed E-state index contributed by atoms with van der Waals surface area (Å²) in [6.45, 7) is 3.81. The highest BCUT2D eigenvalue weighted by Gasteiger charge is 2.61.